The molecule has 0 fully saturated rings. The molecule has 1 heterocycles. The third-order valence-electron chi connectivity index (χ3n) is 2.82. The van der Waals surface area contributed by atoms with Crippen LogP contribution >= 0.6 is 27.5 Å². The smallest absolute Gasteiger partial charge is 0.0462 e. The van der Waals surface area contributed by atoms with Crippen LogP contribution in [0.15, 0.2) is 47.2 Å². The molecule has 2 rings (SSSR count). The second-order valence-electron chi connectivity index (χ2n) is 4.12. The van der Waals surface area contributed by atoms with Crippen LogP contribution in [0.4, 0.5) is 0 Å². The van der Waals surface area contributed by atoms with Crippen LogP contribution in [0.2, 0.25) is 5.02 Å². The van der Waals surface area contributed by atoms with Gasteiger partial charge in [-0.1, -0.05) is 33.6 Å². The molecule has 94 valence electrons. The van der Waals surface area contributed by atoms with Crippen LogP contribution in [-0.4, -0.2) is 4.98 Å². The van der Waals surface area contributed by atoms with Gasteiger partial charge in [-0.25, -0.2) is 0 Å². The molecule has 1 aromatic carbocycles. The molecule has 18 heavy (non-hydrogen) atoms. The summed E-state index contributed by atoms with van der Waals surface area (Å²) in [5.74, 6) is 0. The summed E-state index contributed by atoms with van der Waals surface area (Å²) in [4.78, 5) is 4.02. The van der Waals surface area contributed by atoms with Crippen molar-refractivity contribution < 1.29 is 0 Å². The number of nitrogens with one attached hydrogen (secondary N) is 1. The molecule has 0 radical (unpaired) electrons. The van der Waals surface area contributed by atoms with E-state index in [4.69, 9.17) is 11.6 Å². The maximum Gasteiger partial charge on any atom is 0.0462 e. The van der Waals surface area contributed by atoms with Crippen molar-refractivity contribution in [3.8, 4) is 0 Å². The first kappa shape index (κ1) is 13.5. The number of rotatable bonds is 4. The molecule has 2 aromatic rings. The van der Waals surface area contributed by atoms with E-state index in [1.165, 1.54) is 5.56 Å². The standard InChI is InChI=1S/C14H14BrClN2/c1-10(11-4-6-17-7-5-11)18-9-12-2-3-13(15)8-14(12)16/h2-8,10,18H,9H2,1H3/t10-/m1/s1. The van der Waals surface area contributed by atoms with Gasteiger partial charge in [0.2, 0.25) is 0 Å². The first-order valence-electron chi connectivity index (χ1n) is 5.74. The van der Waals surface area contributed by atoms with Crippen LogP contribution in [0.1, 0.15) is 24.1 Å². The lowest BCUT2D eigenvalue weighted by molar-refractivity contribution is 0.574. The molecule has 1 N–H and O–H groups in total. The quantitative estimate of drug-likeness (QED) is 0.904. The van der Waals surface area contributed by atoms with E-state index in [1.807, 2.05) is 30.3 Å². The molecule has 0 aliphatic carbocycles. The summed E-state index contributed by atoms with van der Waals surface area (Å²) in [5, 5.41) is 4.22. The molecule has 0 unspecified atom stereocenters. The van der Waals surface area contributed by atoms with Crippen molar-refractivity contribution >= 4 is 27.5 Å². The van der Waals surface area contributed by atoms with E-state index in [0.717, 1.165) is 21.6 Å². The summed E-state index contributed by atoms with van der Waals surface area (Å²) in [6.45, 7) is 2.87. The zero-order valence-corrected chi connectivity index (χ0v) is 12.4. The largest absolute Gasteiger partial charge is 0.306 e. The molecule has 0 amide bonds. The minimum Gasteiger partial charge on any atom is -0.306 e. The predicted molar refractivity (Wildman–Crippen MR) is 78.6 cm³/mol. The van der Waals surface area contributed by atoms with Gasteiger partial charge in [0.25, 0.3) is 0 Å². The Morgan fingerprint density at radius 3 is 2.67 bits per heavy atom. The summed E-state index contributed by atoms with van der Waals surface area (Å²) in [6, 6.07) is 10.2. The number of hydrogen-bond acceptors (Lipinski definition) is 2. The molecular formula is C14H14BrClN2. The topological polar surface area (TPSA) is 24.9 Å². The van der Waals surface area contributed by atoms with Gasteiger partial charge in [-0.3, -0.25) is 4.98 Å². The van der Waals surface area contributed by atoms with Crippen molar-refractivity contribution in [3.05, 3.63) is 63.3 Å². The van der Waals surface area contributed by atoms with E-state index < -0.39 is 0 Å². The number of aromatic nitrogens is 1. The Labute approximate surface area is 121 Å². The highest BCUT2D eigenvalue weighted by atomic mass is 79.9. The highest BCUT2D eigenvalue weighted by Gasteiger charge is 2.06. The predicted octanol–water partition coefficient (Wildman–Crippen LogP) is 4.35. The van der Waals surface area contributed by atoms with Crippen LogP contribution in [-0.2, 0) is 6.54 Å². The van der Waals surface area contributed by atoms with Crippen molar-refractivity contribution in [2.75, 3.05) is 0 Å². The summed E-state index contributed by atoms with van der Waals surface area (Å²) in [7, 11) is 0. The molecule has 2 nitrogen and oxygen atoms in total. The third-order valence-corrected chi connectivity index (χ3v) is 3.67. The number of nitrogens with zero attached hydrogens (tertiary/aromatic N) is 1. The Kier molecular flexibility index (Phi) is 4.75. The Bertz CT molecular complexity index is 516. The molecule has 1 atom stereocenters. The van der Waals surface area contributed by atoms with Crippen LogP contribution in [0.3, 0.4) is 0 Å². The van der Waals surface area contributed by atoms with Gasteiger partial charge in [-0.2, -0.15) is 0 Å². The number of benzene rings is 1. The van der Waals surface area contributed by atoms with E-state index in [2.05, 4.69) is 33.2 Å². The molecule has 0 saturated heterocycles. The molecule has 0 saturated carbocycles. The van der Waals surface area contributed by atoms with E-state index in [0.29, 0.717) is 0 Å². The highest BCUT2D eigenvalue weighted by Crippen LogP contribution is 2.22. The molecular weight excluding hydrogens is 312 g/mol. The zero-order valence-electron chi connectivity index (χ0n) is 10.0. The fourth-order valence-electron chi connectivity index (χ4n) is 1.70. The van der Waals surface area contributed by atoms with Crippen molar-refractivity contribution in [1.82, 2.24) is 10.3 Å². The average molecular weight is 326 g/mol. The van der Waals surface area contributed by atoms with Crippen LogP contribution in [0.25, 0.3) is 0 Å². The van der Waals surface area contributed by atoms with E-state index >= 15 is 0 Å². The van der Waals surface area contributed by atoms with Gasteiger partial charge < -0.3 is 5.32 Å². The fraction of sp³-hybridized carbons (Fsp3) is 0.214. The average Bonchev–Trinajstić information content (AvgIpc) is 2.38. The Morgan fingerprint density at radius 2 is 2.00 bits per heavy atom. The maximum atomic E-state index is 6.18. The Hall–Kier alpha value is -0.900. The van der Waals surface area contributed by atoms with Crippen molar-refractivity contribution in [2.24, 2.45) is 0 Å². The maximum absolute atomic E-state index is 6.18. The van der Waals surface area contributed by atoms with Crippen molar-refractivity contribution in [3.63, 3.8) is 0 Å². The van der Waals surface area contributed by atoms with Gasteiger partial charge >= 0.3 is 0 Å². The Morgan fingerprint density at radius 1 is 1.28 bits per heavy atom. The molecule has 0 aliphatic heterocycles. The van der Waals surface area contributed by atoms with Gasteiger partial charge in [-0.05, 0) is 42.3 Å². The number of halogens is 2. The summed E-state index contributed by atoms with van der Waals surface area (Å²) in [5.41, 5.74) is 2.32. The molecule has 0 spiro atoms. The van der Waals surface area contributed by atoms with Crippen molar-refractivity contribution in [2.45, 2.75) is 19.5 Å². The Balaban J connectivity index is 1.99. The highest BCUT2D eigenvalue weighted by molar-refractivity contribution is 9.10. The van der Waals surface area contributed by atoms with Gasteiger partial charge in [0.05, 0.1) is 0 Å². The van der Waals surface area contributed by atoms with Gasteiger partial charge in [0, 0.05) is 34.5 Å². The van der Waals surface area contributed by atoms with E-state index in [1.54, 1.807) is 12.4 Å². The van der Waals surface area contributed by atoms with Crippen LogP contribution in [0, 0.1) is 0 Å². The minimum atomic E-state index is 0.271. The summed E-state index contributed by atoms with van der Waals surface area (Å²) >= 11 is 9.58. The van der Waals surface area contributed by atoms with Gasteiger partial charge in [0.1, 0.15) is 0 Å². The van der Waals surface area contributed by atoms with Crippen LogP contribution in [0.5, 0.6) is 0 Å². The molecule has 0 bridgehead atoms. The van der Waals surface area contributed by atoms with Crippen molar-refractivity contribution in [1.29, 1.82) is 0 Å². The molecule has 1 aromatic heterocycles. The van der Waals surface area contributed by atoms with Gasteiger partial charge in [0.15, 0.2) is 0 Å². The van der Waals surface area contributed by atoms with E-state index in [-0.39, 0.29) is 6.04 Å². The second kappa shape index (κ2) is 6.32. The monoisotopic (exact) mass is 324 g/mol. The molecule has 0 aliphatic rings. The molecule has 4 heteroatoms. The lowest BCUT2D eigenvalue weighted by Gasteiger charge is -2.14. The summed E-state index contributed by atoms with van der Waals surface area (Å²) < 4.78 is 0.999. The summed E-state index contributed by atoms with van der Waals surface area (Å²) in [6.07, 6.45) is 3.61. The lowest BCUT2D eigenvalue weighted by Crippen LogP contribution is -2.18. The number of hydrogen-bond donors (Lipinski definition) is 1. The second-order valence-corrected chi connectivity index (χ2v) is 5.44. The fourth-order valence-corrected chi connectivity index (χ4v) is 2.44. The van der Waals surface area contributed by atoms with Crippen LogP contribution < -0.4 is 5.32 Å². The first-order valence-corrected chi connectivity index (χ1v) is 6.91. The first-order chi connectivity index (χ1) is 8.66. The minimum absolute atomic E-state index is 0.271. The lowest BCUT2D eigenvalue weighted by atomic mass is 10.1. The van der Waals surface area contributed by atoms with E-state index in [9.17, 15) is 0 Å². The number of pyridine rings is 1. The third kappa shape index (κ3) is 3.55. The zero-order chi connectivity index (χ0) is 13.0. The SMILES string of the molecule is C[C@@H](NCc1ccc(Br)cc1Cl)c1ccncc1. The van der Waals surface area contributed by atoms with Gasteiger partial charge in [-0.15, -0.1) is 0 Å². The normalized spacial score (nSPS) is 12.4.